The summed E-state index contributed by atoms with van der Waals surface area (Å²) in [6.45, 7) is 5.93. The highest BCUT2D eigenvalue weighted by atomic mass is 16.5. The average Bonchev–Trinajstić information content (AvgIpc) is 2.47. The second-order valence-electron chi connectivity index (χ2n) is 4.87. The summed E-state index contributed by atoms with van der Waals surface area (Å²) in [5.41, 5.74) is 4.77. The van der Waals surface area contributed by atoms with Gasteiger partial charge in [-0.25, -0.2) is 0 Å². The zero-order valence-electron chi connectivity index (χ0n) is 12.4. The molecule has 0 saturated heterocycles. The topological polar surface area (TPSA) is 33.3 Å². The molecule has 2 N–H and O–H groups in total. The van der Waals surface area contributed by atoms with Crippen LogP contribution in [0.3, 0.4) is 0 Å². The Bertz CT molecular complexity index is 567. The molecule has 0 atom stereocenters. The molecule has 0 fully saturated rings. The Morgan fingerprint density at radius 3 is 2.35 bits per heavy atom. The van der Waals surface area contributed by atoms with Crippen LogP contribution in [0.15, 0.2) is 42.5 Å². The van der Waals surface area contributed by atoms with Crippen molar-refractivity contribution in [3.8, 4) is 5.75 Å². The van der Waals surface area contributed by atoms with Crippen LogP contribution in [0.1, 0.15) is 11.1 Å². The molecule has 0 spiro atoms. The number of aryl methyl sites for hydroxylation is 2. The average molecular weight is 270 g/mol. The van der Waals surface area contributed by atoms with E-state index >= 15 is 0 Å². The van der Waals surface area contributed by atoms with Gasteiger partial charge in [-0.2, -0.15) is 0 Å². The molecule has 2 aromatic carbocycles. The van der Waals surface area contributed by atoms with E-state index in [1.54, 1.807) is 7.11 Å². The minimum atomic E-state index is 0.841. The van der Waals surface area contributed by atoms with E-state index in [0.717, 1.165) is 24.5 Å². The van der Waals surface area contributed by atoms with Gasteiger partial charge in [-0.05, 0) is 43.2 Å². The molecule has 0 radical (unpaired) electrons. The van der Waals surface area contributed by atoms with Gasteiger partial charge in [-0.1, -0.05) is 24.3 Å². The summed E-state index contributed by atoms with van der Waals surface area (Å²) in [6.07, 6.45) is 0. The maximum atomic E-state index is 5.31. The molecule has 0 amide bonds. The van der Waals surface area contributed by atoms with Crippen LogP contribution in [0.4, 0.5) is 11.4 Å². The third kappa shape index (κ3) is 3.67. The summed E-state index contributed by atoms with van der Waals surface area (Å²) >= 11 is 0. The molecule has 0 aliphatic heterocycles. The number of para-hydroxylation sites is 2. The Kier molecular flexibility index (Phi) is 4.88. The molecule has 3 nitrogen and oxygen atoms in total. The number of methoxy groups -OCH3 is 1. The highest BCUT2D eigenvalue weighted by Gasteiger charge is 2.01. The van der Waals surface area contributed by atoms with Gasteiger partial charge in [0.1, 0.15) is 5.75 Å². The molecule has 3 heteroatoms. The summed E-state index contributed by atoms with van der Waals surface area (Å²) in [6, 6.07) is 14.4. The van der Waals surface area contributed by atoms with Crippen molar-refractivity contribution in [2.45, 2.75) is 13.8 Å². The van der Waals surface area contributed by atoms with Gasteiger partial charge in [0.2, 0.25) is 0 Å². The number of benzene rings is 2. The van der Waals surface area contributed by atoms with Crippen LogP contribution in [0.5, 0.6) is 5.75 Å². The van der Waals surface area contributed by atoms with Gasteiger partial charge in [0.15, 0.2) is 0 Å². The summed E-state index contributed by atoms with van der Waals surface area (Å²) in [4.78, 5) is 0. The molecule has 0 unspecified atom stereocenters. The lowest BCUT2D eigenvalue weighted by Crippen LogP contribution is -2.14. The van der Waals surface area contributed by atoms with Crippen molar-refractivity contribution in [3.05, 3.63) is 53.6 Å². The molecular weight excluding hydrogens is 248 g/mol. The van der Waals surface area contributed by atoms with Gasteiger partial charge in [0, 0.05) is 18.8 Å². The largest absolute Gasteiger partial charge is 0.495 e. The van der Waals surface area contributed by atoms with Crippen molar-refractivity contribution in [1.82, 2.24) is 0 Å². The molecule has 2 aromatic rings. The standard InChI is InChI=1S/C17H22N2O/c1-13-8-9-14(2)16(12-13)19-11-10-18-15-6-4-5-7-17(15)20-3/h4-9,12,18-19H,10-11H2,1-3H3. The lowest BCUT2D eigenvalue weighted by molar-refractivity contribution is 0.416. The van der Waals surface area contributed by atoms with Crippen LogP contribution in [0.25, 0.3) is 0 Å². The number of ether oxygens (including phenoxy) is 1. The van der Waals surface area contributed by atoms with Crippen LogP contribution in [-0.2, 0) is 0 Å². The van der Waals surface area contributed by atoms with E-state index in [-0.39, 0.29) is 0 Å². The first kappa shape index (κ1) is 14.3. The lowest BCUT2D eigenvalue weighted by atomic mass is 10.1. The third-order valence-corrected chi connectivity index (χ3v) is 3.26. The molecule has 106 valence electrons. The maximum absolute atomic E-state index is 5.31. The van der Waals surface area contributed by atoms with E-state index in [4.69, 9.17) is 4.74 Å². The predicted octanol–water partition coefficient (Wildman–Crippen LogP) is 3.84. The van der Waals surface area contributed by atoms with E-state index in [0.29, 0.717) is 0 Å². The highest BCUT2D eigenvalue weighted by molar-refractivity contribution is 5.56. The molecule has 0 bridgehead atoms. The molecule has 2 rings (SSSR count). The van der Waals surface area contributed by atoms with Gasteiger partial charge in [-0.3, -0.25) is 0 Å². The smallest absolute Gasteiger partial charge is 0.141 e. The zero-order chi connectivity index (χ0) is 14.4. The fourth-order valence-electron chi connectivity index (χ4n) is 2.11. The Balaban J connectivity index is 1.86. The highest BCUT2D eigenvalue weighted by Crippen LogP contribution is 2.22. The maximum Gasteiger partial charge on any atom is 0.141 e. The second-order valence-corrected chi connectivity index (χ2v) is 4.87. The van der Waals surface area contributed by atoms with Crippen molar-refractivity contribution in [1.29, 1.82) is 0 Å². The SMILES string of the molecule is COc1ccccc1NCCNc1cc(C)ccc1C. The first-order valence-corrected chi connectivity index (χ1v) is 6.88. The molecule has 0 aromatic heterocycles. The Morgan fingerprint density at radius 1 is 0.900 bits per heavy atom. The number of anilines is 2. The summed E-state index contributed by atoms with van der Waals surface area (Å²) in [5.74, 6) is 0.874. The quantitative estimate of drug-likeness (QED) is 0.783. The van der Waals surface area contributed by atoms with Crippen LogP contribution >= 0.6 is 0 Å². The number of nitrogens with one attached hydrogen (secondary N) is 2. The zero-order valence-corrected chi connectivity index (χ0v) is 12.4. The lowest BCUT2D eigenvalue weighted by Gasteiger charge is -2.13. The number of hydrogen-bond acceptors (Lipinski definition) is 3. The fourth-order valence-corrected chi connectivity index (χ4v) is 2.11. The monoisotopic (exact) mass is 270 g/mol. The van der Waals surface area contributed by atoms with E-state index in [1.165, 1.54) is 16.8 Å². The van der Waals surface area contributed by atoms with E-state index < -0.39 is 0 Å². The van der Waals surface area contributed by atoms with Gasteiger partial charge < -0.3 is 15.4 Å². The first-order valence-electron chi connectivity index (χ1n) is 6.88. The number of hydrogen-bond donors (Lipinski definition) is 2. The van der Waals surface area contributed by atoms with Gasteiger partial charge in [-0.15, -0.1) is 0 Å². The van der Waals surface area contributed by atoms with Crippen molar-refractivity contribution in [2.24, 2.45) is 0 Å². The summed E-state index contributed by atoms with van der Waals surface area (Å²) in [5, 5.41) is 6.84. The van der Waals surface area contributed by atoms with Crippen molar-refractivity contribution >= 4 is 11.4 Å². The molecular formula is C17H22N2O. The van der Waals surface area contributed by atoms with E-state index in [2.05, 4.69) is 42.7 Å². The Morgan fingerprint density at radius 2 is 1.60 bits per heavy atom. The second kappa shape index (κ2) is 6.85. The minimum Gasteiger partial charge on any atom is -0.495 e. The van der Waals surface area contributed by atoms with Crippen molar-refractivity contribution in [3.63, 3.8) is 0 Å². The van der Waals surface area contributed by atoms with Crippen molar-refractivity contribution < 1.29 is 4.74 Å². The van der Waals surface area contributed by atoms with Crippen molar-refractivity contribution in [2.75, 3.05) is 30.8 Å². The molecule has 0 aliphatic rings. The minimum absolute atomic E-state index is 0.841. The molecule has 20 heavy (non-hydrogen) atoms. The summed E-state index contributed by atoms with van der Waals surface area (Å²) < 4.78 is 5.31. The third-order valence-electron chi connectivity index (χ3n) is 3.26. The van der Waals surface area contributed by atoms with Gasteiger partial charge in [0.25, 0.3) is 0 Å². The normalized spacial score (nSPS) is 10.2. The molecule has 0 heterocycles. The van der Waals surface area contributed by atoms with E-state index in [1.807, 2.05) is 24.3 Å². The number of rotatable bonds is 6. The van der Waals surface area contributed by atoms with Crippen LogP contribution in [0.2, 0.25) is 0 Å². The Hall–Kier alpha value is -2.16. The van der Waals surface area contributed by atoms with E-state index in [9.17, 15) is 0 Å². The first-order chi connectivity index (χ1) is 9.70. The Labute approximate surface area is 121 Å². The fraction of sp³-hybridized carbons (Fsp3) is 0.294. The summed E-state index contributed by atoms with van der Waals surface area (Å²) in [7, 11) is 1.69. The predicted molar refractivity (Wildman–Crippen MR) is 85.9 cm³/mol. The van der Waals surface area contributed by atoms with Crippen LogP contribution in [0, 0.1) is 13.8 Å². The van der Waals surface area contributed by atoms with Gasteiger partial charge >= 0.3 is 0 Å². The van der Waals surface area contributed by atoms with Crippen LogP contribution in [-0.4, -0.2) is 20.2 Å². The molecule has 0 saturated carbocycles. The van der Waals surface area contributed by atoms with Crippen LogP contribution < -0.4 is 15.4 Å². The van der Waals surface area contributed by atoms with Gasteiger partial charge in [0.05, 0.1) is 12.8 Å². The molecule has 0 aliphatic carbocycles.